The molecule has 11 heteroatoms. The molecule has 1 aromatic heterocycles. The number of carbonyl (C=O) groups is 2. The van der Waals surface area contributed by atoms with E-state index < -0.39 is 11.2 Å². The first kappa shape index (κ1) is 26.6. The summed E-state index contributed by atoms with van der Waals surface area (Å²) in [7, 11) is 3.47. The molecule has 1 fully saturated rings. The number of H-pyrrole nitrogens is 1. The Hall–Kier alpha value is -2.66. The fourth-order valence-corrected chi connectivity index (χ4v) is 3.78. The lowest BCUT2D eigenvalue weighted by molar-refractivity contribution is -0.130. The third-order valence-corrected chi connectivity index (χ3v) is 5.56. The van der Waals surface area contributed by atoms with Gasteiger partial charge in [-0.05, 0) is 11.8 Å². The first-order valence-electron chi connectivity index (χ1n) is 11.5. The molecule has 33 heavy (non-hydrogen) atoms. The van der Waals surface area contributed by atoms with Crippen LogP contribution in [-0.4, -0.2) is 96.0 Å². The van der Waals surface area contributed by atoms with Crippen molar-refractivity contribution in [3.8, 4) is 0 Å². The fourth-order valence-electron chi connectivity index (χ4n) is 3.78. The topological polar surface area (TPSA) is 128 Å². The zero-order chi connectivity index (χ0) is 24.9. The van der Waals surface area contributed by atoms with E-state index in [4.69, 9.17) is 5.73 Å². The highest BCUT2D eigenvalue weighted by atomic mass is 16.2. The SMILES string of the molecule is CC(C)CN(C(=O)CN1CCN(CC(=O)N(C)C)CC1)c1c(N)n(CC(C)C)c(=O)[nH]c1=O. The summed E-state index contributed by atoms with van der Waals surface area (Å²) in [5.41, 5.74) is 5.07. The molecule has 3 N–H and O–H groups in total. The van der Waals surface area contributed by atoms with Gasteiger partial charge >= 0.3 is 5.69 Å². The van der Waals surface area contributed by atoms with Gasteiger partial charge in [-0.3, -0.25) is 33.7 Å². The van der Waals surface area contributed by atoms with Crippen molar-refractivity contribution in [3.05, 3.63) is 20.8 Å². The number of aromatic amines is 1. The van der Waals surface area contributed by atoms with Crippen LogP contribution < -0.4 is 21.9 Å². The molecule has 2 amide bonds. The molecule has 186 valence electrons. The van der Waals surface area contributed by atoms with Crippen molar-refractivity contribution < 1.29 is 9.59 Å². The second-order valence-corrected chi connectivity index (χ2v) is 9.74. The Balaban J connectivity index is 2.20. The molecule has 0 spiro atoms. The number of nitrogens with two attached hydrogens (primary N) is 1. The lowest BCUT2D eigenvalue weighted by Crippen LogP contribution is -2.53. The number of amides is 2. The first-order valence-corrected chi connectivity index (χ1v) is 11.5. The van der Waals surface area contributed by atoms with Crippen LogP contribution in [0.3, 0.4) is 0 Å². The predicted octanol–water partition coefficient (Wildman–Crippen LogP) is -0.530. The molecule has 2 heterocycles. The van der Waals surface area contributed by atoms with Crippen LogP contribution in [0.4, 0.5) is 11.5 Å². The largest absolute Gasteiger partial charge is 0.383 e. The van der Waals surface area contributed by atoms with Crippen molar-refractivity contribution in [2.24, 2.45) is 11.8 Å². The Morgan fingerprint density at radius 2 is 1.45 bits per heavy atom. The Morgan fingerprint density at radius 1 is 0.939 bits per heavy atom. The average Bonchev–Trinajstić information content (AvgIpc) is 2.71. The fraction of sp³-hybridized carbons (Fsp3) is 0.727. The molecule has 0 saturated carbocycles. The number of nitrogens with zero attached hydrogens (tertiary/aromatic N) is 5. The lowest BCUT2D eigenvalue weighted by atomic mass is 10.2. The highest BCUT2D eigenvalue weighted by Gasteiger charge is 2.28. The maximum Gasteiger partial charge on any atom is 0.330 e. The summed E-state index contributed by atoms with van der Waals surface area (Å²) in [6, 6.07) is 0. The van der Waals surface area contributed by atoms with E-state index in [1.54, 1.807) is 19.0 Å². The number of aromatic nitrogens is 2. The minimum Gasteiger partial charge on any atom is -0.383 e. The van der Waals surface area contributed by atoms with Gasteiger partial charge in [0.15, 0.2) is 5.69 Å². The molecule has 0 bridgehead atoms. The maximum atomic E-state index is 13.3. The maximum absolute atomic E-state index is 13.3. The number of anilines is 2. The molecule has 0 atom stereocenters. The van der Waals surface area contributed by atoms with Crippen molar-refractivity contribution in [1.82, 2.24) is 24.3 Å². The van der Waals surface area contributed by atoms with Crippen LogP contribution in [0, 0.1) is 11.8 Å². The third-order valence-electron chi connectivity index (χ3n) is 5.56. The van der Waals surface area contributed by atoms with Gasteiger partial charge in [0.05, 0.1) is 13.1 Å². The van der Waals surface area contributed by atoms with E-state index in [0.29, 0.717) is 45.8 Å². The van der Waals surface area contributed by atoms with E-state index in [2.05, 4.69) is 9.88 Å². The molecule has 1 aromatic rings. The number of likely N-dealkylation sites (N-methyl/N-ethyl adjacent to an activating group) is 1. The Labute approximate surface area is 195 Å². The molecule has 2 rings (SSSR count). The van der Waals surface area contributed by atoms with Crippen LogP contribution in [0.15, 0.2) is 9.59 Å². The van der Waals surface area contributed by atoms with E-state index >= 15 is 0 Å². The van der Waals surface area contributed by atoms with Crippen LogP contribution in [-0.2, 0) is 16.1 Å². The number of nitrogens with one attached hydrogen (secondary N) is 1. The molecule has 0 unspecified atom stereocenters. The molecule has 0 aromatic carbocycles. The van der Waals surface area contributed by atoms with Gasteiger partial charge in [0.2, 0.25) is 11.8 Å². The van der Waals surface area contributed by atoms with E-state index in [0.717, 1.165) is 0 Å². The van der Waals surface area contributed by atoms with Crippen molar-refractivity contribution in [1.29, 1.82) is 0 Å². The van der Waals surface area contributed by atoms with Crippen molar-refractivity contribution in [3.63, 3.8) is 0 Å². The number of hydrogen-bond donors (Lipinski definition) is 2. The van der Waals surface area contributed by atoms with Crippen molar-refractivity contribution >= 4 is 23.3 Å². The van der Waals surface area contributed by atoms with E-state index in [1.165, 1.54) is 9.47 Å². The van der Waals surface area contributed by atoms with E-state index in [1.807, 2.05) is 32.6 Å². The van der Waals surface area contributed by atoms with Gasteiger partial charge in [0.1, 0.15) is 5.82 Å². The summed E-state index contributed by atoms with van der Waals surface area (Å²) in [5.74, 6) is 0.0431. The predicted molar refractivity (Wildman–Crippen MR) is 129 cm³/mol. The Morgan fingerprint density at radius 3 is 1.91 bits per heavy atom. The number of nitrogen functional groups attached to an aromatic ring is 1. The molecule has 0 radical (unpaired) electrons. The molecule has 0 aliphatic carbocycles. The van der Waals surface area contributed by atoms with Crippen LogP contribution in [0.5, 0.6) is 0 Å². The standard InChI is InChI=1S/C22H39N7O4/c1-15(2)11-28(19-20(23)29(12-16(3)4)22(33)24-21(19)32)18(31)14-27-9-7-26(8-10-27)13-17(30)25(5)6/h15-16H,7-14,23H2,1-6H3,(H,24,32,33). The number of piperazine rings is 1. The second kappa shape index (κ2) is 11.5. The van der Waals surface area contributed by atoms with E-state index in [-0.39, 0.29) is 41.7 Å². The van der Waals surface area contributed by atoms with Gasteiger partial charge < -0.3 is 15.5 Å². The smallest absolute Gasteiger partial charge is 0.330 e. The average molecular weight is 466 g/mol. The monoisotopic (exact) mass is 465 g/mol. The summed E-state index contributed by atoms with van der Waals surface area (Å²) in [4.78, 5) is 59.7. The molecule has 1 aliphatic rings. The number of rotatable bonds is 9. The Kier molecular flexibility index (Phi) is 9.24. The van der Waals surface area contributed by atoms with Crippen LogP contribution in [0.25, 0.3) is 0 Å². The first-order chi connectivity index (χ1) is 15.4. The summed E-state index contributed by atoms with van der Waals surface area (Å²) in [5, 5.41) is 0. The van der Waals surface area contributed by atoms with Crippen LogP contribution in [0.1, 0.15) is 27.7 Å². The summed E-state index contributed by atoms with van der Waals surface area (Å²) >= 11 is 0. The van der Waals surface area contributed by atoms with Gasteiger partial charge in [0.25, 0.3) is 5.56 Å². The number of hydrogen-bond acceptors (Lipinski definition) is 7. The summed E-state index contributed by atoms with van der Waals surface area (Å²) < 4.78 is 1.32. The number of carbonyl (C=O) groups excluding carboxylic acids is 2. The second-order valence-electron chi connectivity index (χ2n) is 9.74. The van der Waals surface area contributed by atoms with Gasteiger partial charge in [-0.15, -0.1) is 0 Å². The van der Waals surface area contributed by atoms with Crippen molar-refractivity contribution in [2.45, 2.75) is 34.2 Å². The quantitative estimate of drug-likeness (QED) is 0.502. The van der Waals surface area contributed by atoms with Gasteiger partial charge in [-0.1, -0.05) is 27.7 Å². The summed E-state index contributed by atoms with van der Waals surface area (Å²) in [6.45, 7) is 11.6. The van der Waals surface area contributed by atoms with Gasteiger partial charge in [-0.25, -0.2) is 4.79 Å². The normalized spacial score (nSPS) is 15.3. The molecular weight excluding hydrogens is 426 g/mol. The molecule has 1 saturated heterocycles. The highest BCUT2D eigenvalue weighted by Crippen LogP contribution is 2.20. The summed E-state index contributed by atoms with van der Waals surface area (Å²) in [6.07, 6.45) is 0. The lowest BCUT2D eigenvalue weighted by Gasteiger charge is -2.35. The minimum atomic E-state index is -0.654. The van der Waals surface area contributed by atoms with E-state index in [9.17, 15) is 19.2 Å². The van der Waals surface area contributed by atoms with Gasteiger partial charge in [0, 0.05) is 53.4 Å². The molecule has 11 nitrogen and oxygen atoms in total. The van der Waals surface area contributed by atoms with Gasteiger partial charge in [-0.2, -0.15) is 0 Å². The van der Waals surface area contributed by atoms with Crippen molar-refractivity contribution in [2.75, 3.05) is 70.5 Å². The zero-order valence-corrected chi connectivity index (χ0v) is 20.8. The molecule has 1 aliphatic heterocycles. The highest BCUT2D eigenvalue weighted by molar-refractivity contribution is 5.96. The molecular formula is C22H39N7O4. The van der Waals surface area contributed by atoms with Crippen LogP contribution in [0.2, 0.25) is 0 Å². The zero-order valence-electron chi connectivity index (χ0n) is 20.8. The third kappa shape index (κ3) is 7.16. The minimum absolute atomic E-state index is 0.0125. The van der Waals surface area contributed by atoms with Crippen LogP contribution >= 0.6 is 0 Å². The Bertz CT molecular complexity index is 943.